The van der Waals surface area contributed by atoms with Gasteiger partial charge in [-0.1, -0.05) is 30.3 Å². The standard InChI is InChI=1S/C15H12F4N2O/c16-12-7-3-1-5-10(12)9-20-14(22)21-13-8-4-2-6-11(13)15(17,18)19/h1-8H,9H2,(H2,20,21,22). The van der Waals surface area contributed by atoms with Crippen LogP contribution in [0.1, 0.15) is 11.1 Å². The largest absolute Gasteiger partial charge is 0.418 e. The maximum absolute atomic E-state index is 13.4. The molecule has 0 radical (unpaired) electrons. The third kappa shape index (κ3) is 3.97. The van der Waals surface area contributed by atoms with E-state index in [0.717, 1.165) is 12.1 Å². The van der Waals surface area contributed by atoms with Crippen molar-refractivity contribution in [1.82, 2.24) is 5.32 Å². The molecule has 0 saturated carbocycles. The van der Waals surface area contributed by atoms with Gasteiger partial charge in [0.25, 0.3) is 0 Å². The molecule has 7 heteroatoms. The summed E-state index contributed by atoms with van der Waals surface area (Å²) in [5, 5.41) is 4.42. The van der Waals surface area contributed by atoms with Gasteiger partial charge >= 0.3 is 12.2 Å². The Hall–Kier alpha value is -2.57. The van der Waals surface area contributed by atoms with Crippen LogP contribution in [0.15, 0.2) is 48.5 Å². The van der Waals surface area contributed by atoms with E-state index >= 15 is 0 Å². The summed E-state index contributed by atoms with van der Waals surface area (Å²) >= 11 is 0. The zero-order valence-corrected chi connectivity index (χ0v) is 11.2. The van der Waals surface area contributed by atoms with Crippen molar-refractivity contribution in [2.45, 2.75) is 12.7 Å². The lowest BCUT2D eigenvalue weighted by molar-refractivity contribution is -0.136. The summed E-state index contributed by atoms with van der Waals surface area (Å²) in [5.41, 5.74) is -1.07. The van der Waals surface area contributed by atoms with E-state index in [9.17, 15) is 22.4 Å². The molecule has 22 heavy (non-hydrogen) atoms. The molecule has 0 aromatic heterocycles. The Morgan fingerprint density at radius 3 is 2.32 bits per heavy atom. The molecule has 2 N–H and O–H groups in total. The molecule has 2 amide bonds. The average molecular weight is 312 g/mol. The van der Waals surface area contributed by atoms with Gasteiger partial charge in [0.1, 0.15) is 5.82 Å². The predicted octanol–water partition coefficient (Wildman–Crippen LogP) is 4.17. The lowest BCUT2D eigenvalue weighted by atomic mass is 10.1. The van der Waals surface area contributed by atoms with E-state index in [1.165, 1.54) is 30.3 Å². The third-order valence-corrected chi connectivity index (χ3v) is 2.88. The summed E-state index contributed by atoms with van der Waals surface area (Å²) in [7, 11) is 0. The van der Waals surface area contributed by atoms with Gasteiger partial charge in [-0.2, -0.15) is 13.2 Å². The summed E-state index contributed by atoms with van der Waals surface area (Å²) < 4.78 is 51.7. The van der Waals surface area contributed by atoms with Crippen molar-refractivity contribution in [2.75, 3.05) is 5.32 Å². The fraction of sp³-hybridized carbons (Fsp3) is 0.133. The van der Waals surface area contributed by atoms with Gasteiger partial charge < -0.3 is 10.6 Å². The molecule has 0 atom stereocenters. The zero-order valence-electron chi connectivity index (χ0n) is 11.2. The minimum Gasteiger partial charge on any atom is -0.334 e. The minimum atomic E-state index is -4.57. The monoisotopic (exact) mass is 312 g/mol. The lowest BCUT2D eigenvalue weighted by Gasteiger charge is -2.14. The Morgan fingerprint density at radius 1 is 1.00 bits per heavy atom. The first-order chi connectivity index (χ1) is 10.4. The number of para-hydroxylation sites is 1. The van der Waals surface area contributed by atoms with E-state index < -0.39 is 23.6 Å². The second kappa shape index (κ2) is 6.46. The molecule has 0 unspecified atom stereocenters. The Balaban J connectivity index is 2.03. The van der Waals surface area contributed by atoms with E-state index in [4.69, 9.17) is 0 Å². The molecule has 3 nitrogen and oxygen atoms in total. The highest BCUT2D eigenvalue weighted by molar-refractivity contribution is 5.90. The van der Waals surface area contributed by atoms with Gasteiger partial charge in [-0.25, -0.2) is 9.18 Å². The molecule has 2 aromatic rings. The predicted molar refractivity (Wildman–Crippen MR) is 73.7 cm³/mol. The van der Waals surface area contributed by atoms with Crippen molar-refractivity contribution < 1.29 is 22.4 Å². The topological polar surface area (TPSA) is 41.1 Å². The summed E-state index contributed by atoms with van der Waals surface area (Å²) in [6.07, 6.45) is -4.57. The quantitative estimate of drug-likeness (QED) is 0.821. The Morgan fingerprint density at radius 2 is 1.64 bits per heavy atom. The van der Waals surface area contributed by atoms with Gasteiger partial charge in [-0.3, -0.25) is 0 Å². The first-order valence-electron chi connectivity index (χ1n) is 6.32. The van der Waals surface area contributed by atoms with Crippen LogP contribution in [0, 0.1) is 5.82 Å². The second-order valence-corrected chi connectivity index (χ2v) is 4.44. The van der Waals surface area contributed by atoms with Crippen molar-refractivity contribution in [3.05, 3.63) is 65.5 Å². The van der Waals surface area contributed by atoms with Crippen LogP contribution < -0.4 is 10.6 Å². The van der Waals surface area contributed by atoms with Crippen LogP contribution in [0.4, 0.5) is 28.0 Å². The van der Waals surface area contributed by atoms with Crippen LogP contribution in [-0.2, 0) is 12.7 Å². The number of hydrogen-bond donors (Lipinski definition) is 2. The molecule has 0 aliphatic rings. The zero-order chi connectivity index (χ0) is 16.2. The Kier molecular flexibility index (Phi) is 4.65. The number of alkyl halides is 3. The molecule has 2 rings (SSSR count). The summed E-state index contributed by atoms with van der Waals surface area (Å²) in [6.45, 7) is -0.132. The molecule has 2 aromatic carbocycles. The van der Waals surface area contributed by atoms with Crippen LogP contribution in [0.5, 0.6) is 0 Å². The van der Waals surface area contributed by atoms with Crippen LogP contribution >= 0.6 is 0 Å². The molecular weight excluding hydrogens is 300 g/mol. The molecule has 0 aliphatic carbocycles. The number of hydrogen-bond acceptors (Lipinski definition) is 1. The molecule has 0 bridgehead atoms. The van der Waals surface area contributed by atoms with E-state index in [1.54, 1.807) is 6.07 Å². The molecule has 0 fully saturated rings. The highest BCUT2D eigenvalue weighted by Crippen LogP contribution is 2.34. The number of urea groups is 1. The van der Waals surface area contributed by atoms with E-state index in [0.29, 0.717) is 0 Å². The number of carbonyl (C=O) groups is 1. The fourth-order valence-electron chi connectivity index (χ4n) is 1.82. The fourth-order valence-corrected chi connectivity index (χ4v) is 1.82. The van der Waals surface area contributed by atoms with Crippen LogP contribution in [0.25, 0.3) is 0 Å². The van der Waals surface area contributed by atoms with Crippen molar-refractivity contribution in [2.24, 2.45) is 0 Å². The molecular formula is C15H12F4N2O. The van der Waals surface area contributed by atoms with Gasteiger partial charge in [0.15, 0.2) is 0 Å². The SMILES string of the molecule is O=C(NCc1ccccc1F)Nc1ccccc1C(F)(F)F. The van der Waals surface area contributed by atoms with Crippen molar-refractivity contribution in [3.8, 4) is 0 Å². The van der Waals surface area contributed by atoms with Crippen LogP contribution in [0.2, 0.25) is 0 Å². The maximum Gasteiger partial charge on any atom is 0.418 e. The average Bonchev–Trinajstić information content (AvgIpc) is 2.46. The second-order valence-electron chi connectivity index (χ2n) is 4.44. The molecule has 116 valence electrons. The number of amides is 2. The van der Waals surface area contributed by atoms with Crippen molar-refractivity contribution in [3.63, 3.8) is 0 Å². The number of rotatable bonds is 3. The number of carbonyl (C=O) groups excluding carboxylic acids is 1. The number of nitrogens with one attached hydrogen (secondary N) is 2. The first-order valence-corrected chi connectivity index (χ1v) is 6.32. The third-order valence-electron chi connectivity index (χ3n) is 2.88. The number of benzene rings is 2. The van der Waals surface area contributed by atoms with Crippen molar-refractivity contribution in [1.29, 1.82) is 0 Å². The van der Waals surface area contributed by atoms with Gasteiger partial charge in [0, 0.05) is 12.1 Å². The summed E-state index contributed by atoms with van der Waals surface area (Å²) in [5.74, 6) is -0.501. The normalized spacial score (nSPS) is 11.1. The highest BCUT2D eigenvalue weighted by atomic mass is 19.4. The van der Waals surface area contributed by atoms with Gasteiger partial charge in [0.05, 0.1) is 11.3 Å². The molecule has 0 spiro atoms. The molecule has 0 heterocycles. The molecule has 0 saturated heterocycles. The molecule has 0 aliphatic heterocycles. The van der Waals surface area contributed by atoms with Crippen LogP contribution in [-0.4, -0.2) is 6.03 Å². The smallest absolute Gasteiger partial charge is 0.334 e. The van der Waals surface area contributed by atoms with E-state index in [-0.39, 0.29) is 17.8 Å². The minimum absolute atomic E-state index is 0.132. The van der Waals surface area contributed by atoms with Gasteiger partial charge in [-0.15, -0.1) is 0 Å². The van der Waals surface area contributed by atoms with E-state index in [1.807, 2.05) is 0 Å². The first kappa shape index (κ1) is 15.8. The van der Waals surface area contributed by atoms with Crippen molar-refractivity contribution >= 4 is 11.7 Å². The maximum atomic E-state index is 13.4. The summed E-state index contributed by atoms with van der Waals surface area (Å²) in [4.78, 5) is 11.7. The Bertz CT molecular complexity index is 671. The van der Waals surface area contributed by atoms with Gasteiger partial charge in [0.2, 0.25) is 0 Å². The number of anilines is 1. The van der Waals surface area contributed by atoms with Gasteiger partial charge in [-0.05, 0) is 18.2 Å². The summed E-state index contributed by atoms with van der Waals surface area (Å²) in [6, 6.07) is 9.56. The lowest BCUT2D eigenvalue weighted by Crippen LogP contribution is -2.29. The Labute approximate surface area is 124 Å². The van der Waals surface area contributed by atoms with Crippen LogP contribution in [0.3, 0.4) is 0 Å². The number of halogens is 4. The highest BCUT2D eigenvalue weighted by Gasteiger charge is 2.33. The van der Waals surface area contributed by atoms with E-state index in [2.05, 4.69) is 10.6 Å².